The molecule has 92 valence electrons. The lowest BCUT2D eigenvalue weighted by molar-refractivity contribution is 0.101. The molecule has 2 unspecified atom stereocenters. The Morgan fingerprint density at radius 2 is 2.44 bits per heavy atom. The molecule has 0 bridgehead atoms. The second-order valence-corrected chi connectivity index (χ2v) is 4.59. The number of nitrogens with two attached hydrogens (primary N) is 1. The van der Waals surface area contributed by atoms with E-state index in [0.29, 0.717) is 12.6 Å². The van der Waals surface area contributed by atoms with Gasteiger partial charge < -0.3 is 15.8 Å². The molecule has 0 spiro atoms. The molecule has 4 nitrogen and oxygen atoms in total. The number of rotatable bonds is 8. The fraction of sp³-hybridized carbons (Fsp3) is 0.727. The van der Waals surface area contributed by atoms with E-state index in [1.165, 1.54) is 0 Å². The third kappa shape index (κ3) is 4.17. The van der Waals surface area contributed by atoms with Crippen LogP contribution in [0.3, 0.4) is 0 Å². The Morgan fingerprint density at radius 3 is 2.94 bits per heavy atom. The predicted molar refractivity (Wildman–Crippen MR) is 67.6 cm³/mol. The first-order chi connectivity index (χ1) is 7.81. The van der Waals surface area contributed by atoms with Crippen LogP contribution in [0.2, 0.25) is 0 Å². The molecular formula is C11H21N3OS. The molecule has 0 saturated heterocycles. The van der Waals surface area contributed by atoms with Crippen molar-refractivity contribution in [2.45, 2.75) is 31.9 Å². The summed E-state index contributed by atoms with van der Waals surface area (Å²) in [7, 11) is 1.70. The van der Waals surface area contributed by atoms with Gasteiger partial charge in [-0.1, -0.05) is 6.92 Å². The van der Waals surface area contributed by atoms with E-state index in [9.17, 15) is 0 Å². The minimum Gasteiger partial charge on any atom is -0.380 e. The topological polar surface area (TPSA) is 60.2 Å². The first-order valence-electron chi connectivity index (χ1n) is 5.67. The van der Waals surface area contributed by atoms with Crippen LogP contribution in [0.15, 0.2) is 11.6 Å². The maximum absolute atomic E-state index is 5.56. The molecule has 0 saturated carbocycles. The van der Waals surface area contributed by atoms with Crippen molar-refractivity contribution in [3.05, 3.63) is 16.6 Å². The standard InChI is InChI=1S/C11H21N3OS/c1-3-10(11-14-6-7-16-11)13-5-4-9(8-12)15-2/h6-7,9-10,13H,3-5,8,12H2,1-2H3. The molecule has 0 amide bonds. The molecule has 1 aromatic rings. The zero-order chi connectivity index (χ0) is 11.8. The summed E-state index contributed by atoms with van der Waals surface area (Å²) in [4.78, 5) is 4.33. The van der Waals surface area contributed by atoms with Gasteiger partial charge in [-0.25, -0.2) is 4.98 Å². The summed E-state index contributed by atoms with van der Waals surface area (Å²) in [5.74, 6) is 0. The molecule has 1 heterocycles. The van der Waals surface area contributed by atoms with Gasteiger partial charge >= 0.3 is 0 Å². The average Bonchev–Trinajstić information content (AvgIpc) is 2.83. The molecular weight excluding hydrogens is 222 g/mol. The van der Waals surface area contributed by atoms with Crippen LogP contribution in [0.5, 0.6) is 0 Å². The Morgan fingerprint density at radius 1 is 1.62 bits per heavy atom. The summed E-state index contributed by atoms with van der Waals surface area (Å²) in [6.07, 6.45) is 3.99. The molecule has 5 heteroatoms. The van der Waals surface area contributed by atoms with Crippen LogP contribution in [-0.4, -0.2) is 31.3 Å². The molecule has 1 aromatic heterocycles. The lowest BCUT2D eigenvalue weighted by Gasteiger charge is -2.17. The normalized spacial score (nSPS) is 14.9. The predicted octanol–water partition coefficient (Wildman–Crippen LogP) is 1.55. The minimum absolute atomic E-state index is 0.154. The number of methoxy groups -OCH3 is 1. The highest BCUT2D eigenvalue weighted by molar-refractivity contribution is 7.09. The fourth-order valence-electron chi connectivity index (χ4n) is 1.56. The van der Waals surface area contributed by atoms with Gasteiger partial charge in [0, 0.05) is 25.2 Å². The summed E-state index contributed by atoms with van der Waals surface area (Å²) in [5, 5.41) is 6.65. The first kappa shape index (κ1) is 13.6. The van der Waals surface area contributed by atoms with Gasteiger partial charge in [0.05, 0.1) is 12.1 Å². The van der Waals surface area contributed by atoms with Gasteiger partial charge in [-0.05, 0) is 19.4 Å². The van der Waals surface area contributed by atoms with Crippen molar-refractivity contribution < 1.29 is 4.74 Å². The Kier molecular flexibility index (Phi) is 6.56. The van der Waals surface area contributed by atoms with E-state index in [-0.39, 0.29) is 6.10 Å². The molecule has 2 atom stereocenters. The lowest BCUT2D eigenvalue weighted by atomic mass is 10.2. The van der Waals surface area contributed by atoms with Crippen molar-refractivity contribution in [3.8, 4) is 0 Å². The summed E-state index contributed by atoms with van der Waals surface area (Å²) in [6.45, 7) is 3.65. The number of ether oxygens (including phenoxy) is 1. The molecule has 0 fully saturated rings. The van der Waals surface area contributed by atoms with Gasteiger partial charge in [0.25, 0.3) is 0 Å². The van der Waals surface area contributed by atoms with E-state index in [4.69, 9.17) is 10.5 Å². The van der Waals surface area contributed by atoms with Crippen molar-refractivity contribution in [1.29, 1.82) is 0 Å². The van der Waals surface area contributed by atoms with Crippen LogP contribution >= 0.6 is 11.3 Å². The second-order valence-electron chi connectivity index (χ2n) is 3.67. The minimum atomic E-state index is 0.154. The lowest BCUT2D eigenvalue weighted by Crippen LogP contribution is -2.29. The van der Waals surface area contributed by atoms with E-state index in [2.05, 4.69) is 17.2 Å². The maximum atomic E-state index is 5.56. The Labute approximate surface area is 101 Å². The second kappa shape index (κ2) is 7.73. The third-order valence-corrected chi connectivity index (χ3v) is 3.50. The van der Waals surface area contributed by atoms with Crippen molar-refractivity contribution in [2.75, 3.05) is 20.2 Å². The number of aromatic nitrogens is 1. The quantitative estimate of drug-likeness (QED) is 0.727. The van der Waals surface area contributed by atoms with E-state index >= 15 is 0 Å². The summed E-state index contributed by atoms with van der Waals surface area (Å²) in [5.41, 5.74) is 5.56. The highest BCUT2D eigenvalue weighted by atomic mass is 32.1. The number of hydrogen-bond acceptors (Lipinski definition) is 5. The Balaban J connectivity index is 2.30. The van der Waals surface area contributed by atoms with Gasteiger partial charge in [-0.2, -0.15) is 0 Å². The number of nitrogens with one attached hydrogen (secondary N) is 1. The van der Waals surface area contributed by atoms with Crippen molar-refractivity contribution >= 4 is 11.3 Å². The SMILES string of the molecule is CCC(NCCC(CN)OC)c1nccs1. The van der Waals surface area contributed by atoms with E-state index < -0.39 is 0 Å². The number of hydrogen-bond donors (Lipinski definition) is 2. The summed E-state index contributed by atoms with van der Waals surface area (Å²) >= 11 is 1.70. The Hall–Kier alpha value is -0.490. The number of nitrogens with zero attached hydrogens (tertiary/aromatic N) is 1. The molecule has 0 radical (unpaired) electrons. The first-order valence-corrected chi connectivity index (χ1v) is 6.55. The molecule has 0 aliphatic rings. The molecule has 16 heavy (non-hydrogen) atoms. The zero-order valence-corrected chi connectivity index (χ0v) is 10.8. The van der Waals surface area contributed by atoms with Crippen molar-refractivity contribution in [2.24, 2.45) is 5.73 Å². The van der Waals surface area contributed by atoms with Gasteiger partial charge in [0.15, 0.2) is 0 Å². The Bertz CT molecular complexity index is 262. The smallest absolute Gasteiger partial charge is 0.109 e. The highest BCUT2D eigenvalue weighted by Gasteiger charge is 2.12. The molecule has 0 aromatic carbocycles. The van der Waals surface area contributed by atoms with Crippen LogP contribution in [0.4, 0.5) is 0 Å². The van der Waals surface area contributed by atoms with E-state index in [0.717, 1.165) is 24.4 Å². The maximum Gasteiger partial charge on any atom is 0.109 e. The van der Waals surface area contributed by atoms with Crippen LogP contribution in [0, 0.1) is 0 Å². The molecule has 1 rings (SSSR count). The van der Waals surface area contributed by atoms with Crippen molar-refractivity contribution in [3.63, 3.8) is 0 Å². The van der Waals surface area contributed by atoms with Crippen LogP contribution < -0.4 is 11.1 Å². The van der Waals surface area contributed by atoms with E-state index in [1.54, 1.807) is 18.4 Å². The third-order valence-electron chi connectivity index (χ3n) is 2.61. The fourth-order valence-corrected chi connectivity index (χ4v) is 2.36. The van der Waals surface area contributed by atoms with Crippen LogP contribution in [0.1, 0.15) is 30.8 Å². The van der Waals surface area contributed by atoms with E-state index in [1.807, 2.05) is 11.6 Å². The van der Waals surface area contributed by atoms with Gasteiger partial charge in [-0.3, -0.25) is 0 Å². The zero-order valence-electron chi connectivity index (χ0n) is 9.98. The summed E-state index contributed by atoms with van der Waals surface area (Å²) in [6, 6.07) is 0.357. The van der Waals surface area contributed by atoms with Gasteiger partial charge in [0.1, 0.15) is 5.01 Å². The van der Waals surface area contributed by atoms with Gasteiger partial charge in [0.2, 0.25) is 0 Å². The van der Waals surface area contributed by atoms with Gasteiger partial charge in [-0.15, -0.1) is 11.3 Å². The highest BCUT2D eigenvalue weighted by Crippen LogP contribution is 2.18. The number of thiazole rings is 1. The average molecular weight is 243 g/mol. The molecule has 0 aliphatic carbocycles. The largest absolute Gasteiger partial charge is 0.380 e. The molecule has 0 aliphatic heterocycles. The monoisotopic (exact) mass is 243 g/mol. The molecule has 3 N–H and O–H groups in total. The van der Waals surface area contributed by atoms with Crippen LogP contribution in [0.25, 0.3) is 0 Å². The van der Waals surface area contributed by atoms with Crippen LogP contribution in [-0.2, 0) is 4.74 Å². The van der Waals surface area contributed by atoms with Crippen molar-refractivity contribution in [1.82, 2.24) is 10.3 Å². The summed E-state index contributed by atoms with van der Waals surface area (Å²) < 4.78 is 5.23.